The number of nitrogens with one attached hydrogen (secondary N) is 2. The molecule has 2 N–H and O–H groups in total. The van der Waals surface area contributed by atoms with Gasteiger partial charge in [-0.3, -0.25) is 9.59 Å². The summed E-state index contributed by atoms with van der Waals surface area (Å²) in [5, 5.41) is 6.04. The highest BCUT2D eigenvalue weighted by Gasteiger charge is 2.28. The van der Waals surface area contributed by atoms with Crippen molar-refractivity contribution >= 4 is 24.2 Å². The van der Waals surface area contributed by atoms with Crippen molar-refractivity contribution in [1.29, 1.82) is 0 Å². The molecule has 1 saturated carbocycles. The van der Waals surface area contributed by atoms with Crippen LogP contribution in [0.15, 0.2) is 0 Å². The fourth-order valence-electron chi connectivity index (χ4n) is 1.97. The lowest BCUT2D eigenvalue weighted by molar-refractivity contribution is -0.137. The predicted molar refractivity (Wildman–Crippen MR) is 67.0 cm³/mol. The van der Waals surface area contributed by atoms with E-state index in [1.54, 1.807) is 7.05 Å². The van der Waals surface area contributed by atoms with Gasteiger partial charge in [-0.05, 0) is 25.8 Å². The summed E-state index contributed by atoms with van der Waals surface area (Å²) in [6.07, 6.45) is 3.04. The Morgan fingerprint density at radius 1 is 1.35 bits per heavy atom. The highest BCUT2D eigenvalue weighted by atomic mass is 35.5. The first-order valence-corrected chi connectivity index (χ1v) is 5.92. The predicted octanol–water partition coefficient (Wildman–Crippen LogP) is -0.245. The van der Waals surface area contributed by atoms with Crippen LogP contribution in [-0.2, 0) is 9.59 Å². The zero-order valence-electron chi connectivity index (χ0n) is 10.1. The summed E-state index contributed by atoms with van der Waals surface area (Å²) in [7, 11) is 1.70. The Morgan fingerprint density at radius 3 is 2.59 bits per heavy atom. The van der Waals surface area contributed by atoms with Gasteiger partial charge in [-0.2, -0.15) is 0 Å². The summed E-state index contributed by atoms with van der Waals surface area (Å²) in [6.45, 7) is 1.83. The molecular weight excluding hydrogens is 242 g/mol. The summed E-state index contributed by atoms with van der Waals surface area (Å²) >= 11 is 0. The molecule has 0 bridgehead atoms. The smallest absolute Gasteiger partial charge is 0.239 e. The minimum atomic E-state index is -0.0377. The molecule has 17 heavy (non-hydrogen) atoms. The Kier molecular flexibility index (Phi) is 5.21. The lowest BCUT2D eigenvalue weighted by Crippen LogP contribution is -2.42. The third-order valence-electron chi connectivity index (χ3n) is 3.11. The minimum Gasteiger partial charge on any atom is -0.352 e. The molecule has 2 aliphatic rings. The molecule has 2 fully saturated rings. The summed E-state index contributed by atoms with van der Waals surface area (Å²) in [4.78, 5) is 24.9. The average Bonchev–Trinajstić information content (AvgIpc) is 2.89. The normalized spacial score (nSPS) is 22.8. The lowest BCUT2D eigenvalue weighted by Gasteiger charge is -2.20. The molecule has 6 heteroatoms. The number of carbonyl (C=O) groups is 2. The number of hydrogen-bond donors (Lipinski definition) is 2. The Bertz CT molecular complexity index is 288. The maximum absolute atomic E-state index is 11.9. The molecule has 0 aromatic carbocycles. The molecular formula is C11H20ClN3O2. The van der Waals surface area contributed by atoms with Crippen molar-refractivity contribution in [2.45, 2.75) is 25.3 Å². The van der Waals surface area contributed by atoms with Crippen LogP contribution >= 0.6 is 12.4 Å². The van der Waals surface area contributed by atoms with Crippen molar-refractivity contribution < 1.29 is 9.59 Å². The molecule has 1 unspecified atom stereocenters. The van der Waals surface area contributed by atoms with E-state index in [1.165, 1.54) is 4.90 Å². The van der Waals surface area contributed by atoms with E-state index >= 15 is 0 Å². The van der Waals surface area contributed by atoms with Crippen molar-refractivity contribution in [1.82, 2.24) is 15.5 Å². The molecule has 5 nitrogen and oxygen atoms in total. The standard InChI is InChI=1S/C11H19N3O2.ClH/c1-14(7-10(15)13-9-2-3-9)11(16)8-4-5-12-6-8;/h8-9,12H,2-7H2,1H3,(H,13,15);1H. The summed E-state index contributed by atoms with van der Waals surface area (Å²) in [5.74, 6) is 0.0963. The molecule has 2 amide bonds. The van der Waals surface area contributed by atoms with Gasteiger partial charge in [-0.25, -0.2) is 0 Å². The highest BCUT2D eigenvalue weighted by molar-refractivity contribution is 5.86. The second-order valence-electron chi connectivity index (χ2n) is 4.73. The van der Waals surface area contributed by atoms with Gasteiger partial charge in [0.15, 0.2) is 0 Å². The van der Waals surface area contributed by atoms with Crippen LogP contribution in [0.5, 0.6) is 0 Å². The first kappa shape index (κ1) is 14.3. The van der Waals surface area contributed by atoms with E-state index in [9.17, 15) is 9.59 Å². The number of halogens is 1. The molecule has 0 aromatic heterocycles. The largest absolute Gasteiger partial charge is 0.352 e. The van der Waals surface area contributed by atoms with Gasteiger partial charge in [0.25, 0.3) is 0 Å². The van der Waals surface area contributed by atoms with E-state index in [1.807, 2.05) is 0 Å². The van der Waals surface area contributed by atoms with Gasteiger partial charge in [0.2, 0.25) is 11.8 Å². The zero-order chi connectivity index (χ0) is 11.5. The van der Waals surface area contributed by atoms with Gasteiger partial charge in [0.05, 0.1) is 12.5 Å². The Hall–Kier alpha value is -0.810. The van der Waals surface area contributed by atoms with E-state index in [0.29, 0.717) is 6.04 Å². The summed E-state index contributed by atoms with van der Waals surface area (Å²) < 4.78 is 0. The van der Waals surface area contributed by atoms with Gasteiger partial charge in [0, 0.05) is 19.6 Å². The maximum Gasteiger partial charge on any atom is 0.239 e. The lowest BCUT2D eigenvalue weighted by atomic mass is 10.1. The van der Waals surface area contributed by atoms with Crippen LogP contribution in [0.2, 0.25) is 0 Å². The molecule has 0 spiro atoms. The van der Waals surface area contributed by atoms with Crippen LogP contribution in [-0.4, -0.2) is 49.4 Å². The van der Waals surface area contributed by atoms with Crippen molar-refractivity contribution in [2.75, 3.05) is 26.7 Å². The zero-order valence-corrected chi connectivity index (χ0v) is 10.9. The molecule has 0 aromatic rings. The van der Waals surface area contributed by atoms with Crippen LogP contribution in [0, 0.1) is 5.92 Å². The Labute approximate surface area is 108 Å². The summed E-state index contributed by atoms with van der Waals surface area (Å²) in [6, 6.07) is 0.365. The first-order chi connectivity index (χ1) is 7.66. The maximum atomic E-state index is 11.9. The van der Waals surface area contributed by atoms with Gasteiger partial charge in [0.1, 0.15) is 0 Å². The third kappa shape index (κ3) is 4.16. The van der Waals surface area contributed by atoms with Gasteiger partial charge in [-0.15, -0.1) is 12.4 Å². The van der Waals surface area contributed by atoms with E-state index in [0.717, 1.165) is 32.4 Å². The second-order valence-corrected chi connectivity index (χ2v) is 4.73. The minimum absolute atomic E-state index is 0. The molecule has 1 aliphatic carbocycles. The number of likely N-dealkylation sites (N-methyl/N-ethyl adjacent to an activating group) is 1. The van der Waals surface area contributed by atoms with Crippen LogP contribution in [0.25, 0.3) is 0 Å². The molecule has 0 radical (unpaired) electrons. The number of amides is 2. The van der Waals surface area contributed by atoms with E-state index in [4.69, 9.17) is 0 Å². The van der Waals surface area contributed by atoms with Crippen molar-refractivity contribution in [2.24, 2.45) is 5.92 Å². The van der Waals surface area contributed by atoms with Gasteiger partial charge >= 0.3 is 0 Å². The monoisotopic (exact) mass is 261 g/mol. The third-order valence-corrected chi connectivity index (χ3v) is 3.11. The van der Waals surface area contributed by atoms with Crippen LogP contribution in [0.4, 0.5) is 0 Å². The van der Waals surface area contributed by atoms with E-state index < -0.39 is 0 Å². The van der Waals surface area contributed by atoms with Crippen molar-refractivity contribution in [3.8, 4) is 0 Å². The molecule has 1 saturated heterocycles. The molecule has 1 atom stereocenters. The number of hydrogen-bond acceptors (Lipinski definition) is 3. The fraction of sp³-hybridized carbons (Fsp3) is 0.818. The Morgan fingerprint density at radius 2 is 2.06 bits per heavy atom. The molecule has 98 valence electrons. The number of nitrogens with zero attached hydrogens (tertiary/aromatic N) is 1. The number of rotatable bonds is 4. The van der Waals surface area contributed by atoms with Crippen LogP contribution in [0.3, 0.4) is 0 Å². The number of carbonyl (C=O) groups excluding carboxylic acids is 2. The Balaban J connectivity index is 0.00000144. The van der Waals surface area contributed by atoms with Crippen molar-refractivity contribution in [3.63, 3.8) is 0 Å². The average molecular weight is 262 g/mol. The summed E-state index contributed by atoms with van der Waals surface area (Å²) in [5.41, 5.74) is 0. The molecule has 2 rings (SSSR count). The SMILES string of the molecule is CN(CC(=O)NC1CC1)C(=O)C1CCNC1.Cl. The van der Waals surface area contributed by atoms with E-state index in [-0.39, 0.29) is 36.7 Å². The second kappa shape index (κ2) is 6.21. The van der Waals surface area contributed by atoms with Crippen LogP contribution in [0.1, 0.15) is 19.3 Å². The van der Waals surface area contributed by atoms with Gasteiger partial charge in [-0.1, -0.05) is 0 Å². The van der Waals surface area contributed by atoms with Crippen LogP contribution < -0.4 is 10.6 Å². The highest BCUT2D eigenvalue weighted by Crippen LogP contribution is 2.18. The van der Waals surface area contributed by atoms with Gasteiger partial charge < -0.3 is 15.5 Å². The topological polar surface area (TPSA) is 61.4 Å². The molecule has 1 heterocycles. The quantitative estimate of drug-likeness (QED) is 0.734. The van der Waals surface area contributed by atoms with E-state index in [2.05, 4.69) is 10.6 Å². The van der Waals surface area contributed by atoms with Crippen molar-refractivity contribution in [3.05, 3.63) is 0 Å². The fourth-order valence-corrected chi connectivity index (χ4v) is 1.97. The first-order valence-electron chi connectivity index (χ1n) is 5.92. The molecule has 1 aliphatic heterocycles.